The standard InChI is InChI=1S/C4H2O3.B/c5-3-1-2-4(6)7-3;/h1-2H;. The highest BCUT2D eigenvalue weighted by Crippen LogP contribution is 1.92. The SMILES string of the molecule is O=C1C=CC(=O)O1.[B]. The van der Waals surface area contributed by atoms with Gasteiger partial charge in [0.1, 0.15) is 0 Å². The minimum atomic E-state index is -0.579. The molecule has 3 radical (unpaired) electrons. The van der Waals surface area contributed by atoms with Crippen LogP contribution in [0.3, 0.4) is 0 Å². The van der Waals surface area contributed by atoms with E-state index >= 15 is 0 Å². The molecule has 0 saturated carbocycles. The topological polar surface area (TPSA) is 43.4 Å². The predicted molar refractivity (Wildman–Crippen MR) is 26.0 cm³/mol. The van der Waals surface area contributed by atoms with Crippen LogP contribution in [0.5, 0.6) is 0 Å². The van der Waals surface area contributed by atoms with Crippen molar-refractivity contribution in [2.45, 2.75) is 0 Å². The van der Waals surface area contributed by atoms with Gasteiger partial charge in [0.15, 0.2) is 0 Å². The molecule has 0 aromatic rings. The molecule has 3 nitrogen and oxygen atoms in total. The van der Waals surface area contributed by atoms with Gasteiger partial charge in [0.25, 0.3) is 0 Å². The molecular formula is C4H2BO3. The molecule has 0 saturated heterocycles. The van der Waals surface area contributed by atoms with Crippen LogP contribution in [0.15, 0.2) is 12.2 Å². The van der Waals surface area contributed by atoms with Crippen molar-refractivity contribution < 1.29 is 14.3 Å². The minimum absolute atomic E-state index is 0. The molecule has 0 unspecified atom stereocenters. The fourth-order valence-electron chi connectivity index (χ4n) is 0.303. The second-order valence-electron chi connectivity index (χ2n) is 1.07. The zero-order chi connectivity index (χ0) is 5.28. The predicted octanol–water partition coefficient (Wildman–Crippen LogP) is -0.755. The van der Waals surface area contributed by atoms with Gasteiger partial charge < -0.3 is 4.74 Å². The van der Waals surface area contributed by atoms with Crippen molar-refractivity contribution in [2.75, 3.05) is 0 Å². The molecule has 0 amide bonds. The van der Waals surface area contributed by atoms with Crippen LogP contribution in [0.2, 0.25) is 0 Å². The van der Waals surface area contributed by atoms with Gasteiger partial charge in [-0.1, -0.05) is 0 Å². The Kier molecular flexibility index (Phi) is 2.00. The molecule has 0 aliphatic carbocycles. The van der Waals surface area contributed by atoms with Crippen LogP contribution in [-0.4, -0.2) is 20.4 Å². The molecule has 1 aliphatic rings. The second kappa shape index (κ2) is 2.30. The van der Waals surface area contributed by atoms with Crippen LogP contribution in [0.4, 0.5) is 0 Å². The van der Waals surface area contributed by atoms with E-state index in [-0.39, 0.29) is 8.41 Å². The van der Waals surface area contributed by atoms with E-state index in [2.05, 4.69) is 4.74 Å². The zero-order valence-electron chi connectivity index (χ0n) is 3.96. The van der Waals surface area contributed by atoms with Gasteiger partial charge in [-0.25, -0.2) is 9.59 Å². The fraction of sp³-hybridized carbons (Fsp3) is 0. The third-order valence-electron chi connectivity index (χ3n) is 0.557. The summed E-state index contributed by atoms with van der Waals surface area (Å²) in [6, 6.07) is 0. The van der Waals surface area contributed by atoms with Crippen molar-refractivity contribution in [1.29, 1.82) is 0 Å². The van der Waals surface area contributed by atoms with Crippen molar-refractivity contribution in [1.82, 2.24) is 0 Å². The summed E-state index contributed by atoms with van der Waals surface area (Å²) in [5, 5.41) is 0. The summed E-state index contributed by atoms with van der Waals surface area (Å²) in [6.07, 6.45) is 2.17. The van der Waals surface area contributed by atoms with Gasteiger partial charge in [0, 0.05) is 20.6 Å². The highest BCUT2D eigenvalue weighted by Gasteiger charge is 2.10. The summed E-state index contributed by atoms with van der Waals surface area (Å²) in [6.45, 7) is 0. The van der Waals surface area contributed by atoms with Crippen LogP contribution in [0.1, 0.15) is 0 Å². The van der Waals surface area contributed by atoms with Crippen molar-refractivity contribution in [3.05, 3.63) is 12.2 Å². The molecular weight excluding hydrogens is 107 g/mol. The molecule has 4 heteroatoms. The summed E-state index contributed by atoms with van der Waals surface area (Å²) in [4.78, 5) is 19.8. The maximum Gasteiger partial charge on any atom is 0.338 e. The monoisotopic (exact) mass is 109 g/mol. The molecule has 1 aliphatic heterocycles. The van der Waals surface area contributed by atoms with Gasteiger partial charge in [0.05, 0.1) is 0 Å². The highest BCUT2D eigenvalue weighted by atomic mass is 16.6. The minimum Gasteiger partial charge on any atom is -0.387 e. The van der Waals surface area contributed by atoms with Gasteiger partial charge in [-0.3, -0.25) is 0 Å². The lowest BCUT2D eigenvalue weighted by molar-refractivity contribution is -0.150. The molecule has 0 atom stereocenters. The van der Waals surface area contributed by atoms with Crippen molar-refractivity contribution >= 4 is 20.4 Å². The number of hydrogen-bond donors (Lipinski definition) is 0. The Labute approximate surface area is 47.9 Å². The van der Waals surface area contributed by atoms with Gasteiger partial charge in [-0.2, -0.15) is 0 Å². The summed E-state index contributed by atoms with van der Waals surface area (Å²) in [5.41, 5.74) is 0. The average molecular weight is 109 g/mol. The van der Waals surface area contributed by atoms with Crippen LogP contribution in [0, 0.1) is 0 Å². The van der Waals surface area contributed by atoms with Crippen LogP contribution in [0.25, 0.3) is 0 Å². The Bertz CT molecular complexity index is 133. The Morgan fingerprint density at radius 2 is 1.50 bits per heavy atom. The van der Waals surface area contributed by atoms with E-state index < -0.39 is 11.9 Å². The first-order valence-electron chi connectivity index (χ1n) is 1.73. The van der Waals surface area contributed by atoms with Crippen LogP contribution < -0.4 is 0 Å². The first-order chi connectivity index (χ1) is 3.29. The summed E-state index contributed by atoms with van der Waals surface area (Å²) < 4.78 is 3.97. The van der Waals surface area contributed by atoms with Crippen molar-refractivity contribution in [3.63, 3.8) is 0 Å². The third-order valence-corrected chi connectivity index (χ3v) is 0.557. The molecule has 39 valence electrons. The number of carbonyl (C=O) groups is 2. The Morgan fingerprint density at radius 3 is 1.62 bits per heavy atom. The molecule has 0 aromatic carbocycles. The average Bonchev–Trinajstić information content (AvgIpc) is 1.87. The largest absolute Gasteiger partial charge is 0.387 e. The molecule has 0 bridgehead atoms. The molecule has 0 fully saturated rings. The van der Waals surface area contributed by atoms with Gasteiger partial charge in [-0.05, 0) is 0 Å². The lowest BCUT2D eigenvalue weighted by atomic mass is 10.6. The van der Waals surface area contributed by atoms with E-state index in [1.54, 1.807) is 0 Å². The van der Waals surface area contributed by atoms with Gasteiger partial charge >= 0.3 is 11.9 Å². The number of carbonyl (C=O) groups excluding carboxylic acids is 2. The normalized spacial score (nSPS) is 15.5. The Hall–Kier alpha value is -1.06. The second-order valence-corrected chi connectivity index (χ2v) is 1.07. The number of ether oxygens (including phenoxy) is 1. The summed E-state index contributed by atoms with van der Waals surface area (Å²) in [5.74, 6) is -1.16. The maximum absolute atomic E-state index is 9.92. The molecule has 8 heavy (non-hydrogen) atoms. The van der Waals surface area contributed by atoms with E-state index in [0.29, 0.717) is 0 Å². The van der Waals surface area contributed by atoms with E-state index in [1.165, 1.54) is 0 Å². The maximum atomic E-state index is 9.92. The number of cyclic esters (lactones) is 2. The molecule has 0 N–H and O–H groups in total. The first kappa shape index (κ1) is 6.94. The van der Waals surface area contributed by atoms with Gasteiger partial charge in [-0.15, -0.1) is 0 Å². The highest BCUT2D eigenvalue weighted by molar-refractivity contribution is 6.04. The van der Waals surface area contributed by atoms with E-state index in [0.717, 1.165) is 12.2 Å². The zero-order valence-corrected chi connectivity index (χ0v) is 3.96. The lowest BCUT2D eigenvalue weighted by Gasteiger charge is -1.80. The fourth-order valence-corrected chi connectivity index (χ4v) is 0.303. The third kappa shape index (κ3) is 1.22. The molecule has 0 aromatic heterocycles. The van der Waals surface area contributed by atoms with Crippen LogP contribution >= 0.6 is 0 Å². The van der Waals surface area contributed by atoms with Gasteiger partial charge in [0.2, 0.25) is 0 Å². The van der Waals surface area contributed by atoms with E-state index in [1.807, 2.05) is 0 Å². The summed E-state index contributed by atoms with van der Waals surface area (Å²) >= 11 is 0. The van der Waals surface area contributed by atoms with E-state index in [9.17, 15) is 9.59 Å². The smallest absolute Gasteiger partial charge is 0.338 e. The quantitative estimate of drug-likeness (QED) is 0.233. The van der Waals surface area contributed by atoms with Crippen molar-refractivity contribution in [2.24, 2.45) is 0 Å². The molecule has 0 spiro atoms. The van der Waals surface area contributed by atoms with Crippen LogP contribution in [-0.2, 0) is 14.3 Å². The molecule has 1 heterocycles. The van der Waals surface area contributed by atoms with E-state index in [4.69, 9.17) is 0 Å². The Balaban J connectivity index is 0.000000490. The number of esters is 2. The van der Waals surface area contributed by atoms with Crippen molar-refractivity contribution in [3.8, 4) is 0 Å². The number of rotatable bonds is 0. The first-order valence-corrected chi connectivity index (χ1v) is 1.73. The molecule has 1 rings (SSSR count). The summed E-state index contributed by atoms with van der Waals surface area (Å²) in [7, 11) is 0. The Morgan fingerprint density at radius 1 is 1.12 bits per heavy atom. The lowest BCUT2D eigenvalue weighted by Crippen LogP contribution is -1.96. The number of hydrogen-bond acceptors (Lipinski definition) is 3.